The molecule has 14 heteroatoms. The van der Waals surface area contributed by atoms with E-state index in [0.717, 1.165) is 55.7 Å². The molecule has 0 spiro atoms. The standard InChI is InChI=1S/C32H33F2N7O4S/c1-32(2,3)45-31(42)39-29-18(9-35)24-27(36-11-22(33)28(24)46-29)23-21-15-44-14-20(21)19-10-37-30(38-26(19)25(23)34)41-7-5-16(12-41)40(4)17-6-8-43-13-17/h10-11,16-17H,5-8,12-15H2,1-4H3,(H,39,42)/t16-,17?/m0/s1. The van der Waals surface area contributed by atoms with Crippen LogP contribution in [0.4, 0.5) is 24.5 Å². The fourth-order valence-corrected chi connectivity index (χ4v) is 7.59. The highest BCUT2D eigenvalue weighted by Crippen LogP contribution is 2.46. The first-order chi connectivity index (χ1) is 22.0. The number of nitrogens with one attached hydrogen (secondary N) is 1. The first-order valence-corrected chi connectivity index (χ1v) is 16.0. The molecule has 0 saturated carbocycles. The Morgan fingerprint density at radius 1 is 1.17 bits per heavy atom. The van der Waals surface area contributed by atoms with E-state index in [-0.39, 0.29) is 50.6 Å². The van der Waals surface area contributed by atoms with Gasteiger partial charge in [-0.2, -0.15) is 5.26 Å². The van der Waals surface area contributed by atoms with E-state index < -0.39 is 23.3 Å². The highest BCUT2D eigenvalue weighted by Gasteiger charge is 2.34. The zero-order valence-corrected chi connectivity index (χ0v) is 26.8. The molecule has 3 aliphatic rings. The molecule has 46 heavy (non-hydrogen) atoms. The predicted molar refractivity (Wildman–Crippen MR) is 169 cm³/mol. The number of carbonyl (C=O) groups excluding carboxylic acids is 1. The Morgan fingerprint density at radius 2 is 1.98 bits per heavy atom. The Morgan fingerprint density at radius 3 is 2.72 bits per heavy atom. The van der Waals surface area contributed by atoms with E-state index in [2.05, 4.69) is 38.2 Å². The van der Waals surface area contributed by atoms with Crippen LogP contribution in [0.15, 0.2) is 12.4 Å². The van der Waals surface area contributed by atoms with Gasteiger partial charge in [0.25, 0.3) is 0 Å². The van der Waals surface area contributed by atoms with Gasteiger partial charge < -0.3 is 19.1 Å². The van der Waals surface area contributed by atoms with Crippen molar-refractivity contribution >= 4 is 49.4 Å². The third kappa shape index (κ3) is 5.30. The Balaban J connectivity index is 1.32. The number of fused-ring (bicyclic) bond motifs is 4. The molecule has 6 heterocycles. The van der Waals surface area contributed by atoms with Gasteiger partial charge in [-0.15, -0.1) is 11.3 Å². The van der Waals surface area contributed by atoms with Gasteiger partial charge in [-0.05, 0) is 51.8 Å². The summed E-state index contributed by atoms with van der Waals surface area (Å²) in [4.78, 5) is 30.7. The maximum atomic E-state index is 16.9. The van der Waals surface area contributed by atoms with Gasteiger partial charge in [-0.25, -0.2) is 23.5 Å². The minimum atomic E-state index is -0.798. The minimum absolute atomic E-state index is 0.0386. The number of aromatic nitrogens is 3. The van der Waals surface area contributed by atoms with Crippen molar-refractivity contribution in [3.63, 3.8) is 0 Å². The molecule has 3 aliphatic heterocycles. The molecule has 2 saturated heterocycles. The number of hydrogen-bond acceptors (Lipinski definition) is 11. The summed E-state index contributed by atoms with van der Waals surface area (Å²) >= 11 is 0.864. The van der Waals surface area contributed by atoms with E-state index in [4.69, 9.17) is 19.2 Å². The number of amides is 1. The van der Waals surface area contributed by atoms with Gasteiger partial charge in [0.2, 0.25) is 5.95 Å². The van der Waals surface area contributed by atoms with Crippen molar-refractivity contribution in [3.05, 3.63) is 40.7 Å². The second kappa shape index (κ2) is 11.6. The number of thiophene rings is 1. The summed E-state index contributed by atoms with van der Waals surface area (Å²) in [7, 11) is 2.12. The minimum Gasteiger partial charge on any atom is -0.444 e. The lowest BCUT2D eigenvalue weighted by Gasteiger charge is -2.29. The number of pyridine rings is 1. The number of nitriles is 1. The van der Waals surface area contributed by atoms with Crippen LogP contribution in [-0.2, 0) is 27.4 Å². The maximum absolute atomic E-state index is 16.9. The smallest absolute Gasteiger partial charge is 0.412 e. The number of carbonyl (C=O) groups is 1. The molecule has 240 valence electrons. The fraction of sp³-hybridized carbons (Fsp3) is 0.469. The summed E-state index contributed by atoms with van der Waals surface area (Å²) in [5.41, 5.74) is 0.697. The van der Waals surface area contributed by atoms with Gasteiger partial charge in [0.1, 0.15) is 22.2 Å². The Labute approximate surface area is 268 Å². The van der Waals surface area contributed by atoms with Crippen molar-refractivity contribution < 1.29 is 27.8 Å². The number of nitrogens with zero attached hydrogens (tertiary/aromatic N) is 6. The average Bonchev–Trinajstić information content (AvgIpc) is 3.83. The summed E-state index contributed by atoms with van der Waals surface area (Å²) < 4.78 is 48.8. The largest absolute Gasteiger partial charge is 0.444 e. The molecule has 2 fully saturated rings. The molecular weight excluding hydrogens is 616 g/mol. The molecule has 1 N–H and O–H groups in total. The van der Waals surface area contributed by atoms with E-state index in [9.17, 15) is 10.1 Å². The van der Waals surface area contributed by atoms with Crippen molar-refractivity contribution in [2.45, 2.75) is 64.5 Å². The van der Waals surface area contributed by atoms with E-state index in [0.29, 0.717) is 35.5 Å². The molecule has 11 nitrogen and oxygen atoms in total. The van der Waals surface area contributed by atoms with Crippen LogP contribution in [0.3, 0.4) is 0 Å². The Hall–Kier alpha value is -4.03. The SMILES string of the molecule is CN(C1CCOC1)[C@H]1CCN(c2ncc3c4c(c(-c5ncc(F)c6sc(NC(=O)OC(C)(C)C)c(C#N)c56)c(F)c3n2)COC4)C1. The Kier molecular flexibility index (Phi) is 7.75. The molecule has 1 aromatic carbocycles. The second-order valence-corrected chi connectivity index (χ2v) is 13.9. The van der Waals surface area contributed by atoms with E-state index >= 15 is 8.78 Å². The number of ether oxygens (including phenoxy) is 3. The molecule has 0 radical (unpaired) electrons. The summed E-state index contributed by atoms with van der Waals surface area (Å²) in [6.45, 7) is 8.35. The lowest BCUT2D eigenvalue weighted by Crippen LogP contribution is -2.42. The molecule has 4 aromatic rings. The van der Waals surface area contributed by atoms with Gasteiger partial charge >= 0.3 is 6.09 Å². The summed E-state index contributed by atoms with van der Waals surface area (Å²) in [6, 6.07) is 2.73. The lowest BCUT2D eigenvalue weighted by atomic mass is 9.94. The zero-order chi connectivity index (χ0) is 32.3. The van der Waals surface area contributed by atoms with Crippen LogP contribution in [0, 0.1) is 23.0 Å². The lowest BCUT2D eigenvalue weighted by molar-refractivity contribution is 0.0636. The van der Waals surface area contributed by atoms with Crippen LogP contribution in [0.2, 0.25) is 0 Å². The highest BCUT2D eigenvalue weighted by atomic mass is 32.1. The molecule has 7 rings (SSSR count). The van der Waals surface area contributed by atoms with E-state index in [1.54, 1.807) is 27.0 Å². The second-order valence-electron chi connectivity index (χ2n) is 12.8. The van der Waals surface area contributed by atoms with Gasteiger partial charge in [0.15, 0.2) is 11.6 Å². The number of likely N-dealkylation sites (N-methyl/N-ethyl adjacent to an activating group) is 1. The molecule has 3 aromatic heterocycles. The van der Waals surface area contributed by atoms with Crippen molar-refractivity contribution in [2.75, 3.05) is 43.6 Å². The van der Waals surface area contributed by atoms with Crippen LogP contribution in [-0.4, -0.2) is 77.0 Å². The molecule has 0 aliphatic carbocycles. The monoisotopic (exact) mass is 649 g/mol. The van der Waals surface area contributed by atoms with E-state index in [1.165, 1.54) is 0 Å². The van der Waals surface area contributed by atoms with Crippen LogP contribution >= 0.6 is 11.3 Å². The number of benzene rings is 1. The summed E-state index contributed by atoms with van der Waals surface area (Å²) in [5, 5.41) is 13.5. The molecule has 2 atom stereocenters. The third-order valence-corrected chi connectivity index (χ3v) is 9.94. The average molecular weight is 650 g/mol. The fourth-order valence-electron chi connectivity index (χ4n) is 6.55. The van der Waals surface area contributed by atoms with Crippen molar-refractivity contribution in [3.8, 4) is 17.3 Å². The van der Waals surface area contributed by atoms with Crippen LogP contribution in [0.1, 0.15) is 50.3 Å². The first-order valence-electron chi connectivity index (χ1n) is 15.2. The van der Waals surface area contributed by atoms with Crippen molar-refractivity contribution in [2.24, 2.45) is 0 Å². The summed E-state index contributed by atoms with van der Waals surface area (Å²) in [5.74, 6) is -0.936. The first kappa shape index (κ1) is 30.6. The van der Waals surface area contributed by atoms with Crippen molar-refractivity contribution in [1.29, 1.82) is 5.26 Å². The number of anilines is 2. The number of hydrogen-bond donors (Lipinski definition) is 1. The summed E-state index contributed by atoms with van der Waals surface area (Å²) in [6.07, 6.45) is 3.77. The quantitative estimate of drug-likeness (QED) is 0.286. The van der Waals surface area contributed by atoms with Gasteiger partial charge in [-0.3, -0.25) is 15.2 Å². The van der Waals surface area contributed by atoms with Crippen molar-refractivity contribution in [1.82, 2.24) is 19.9 Å². The predicted octanol–water partition coefficient (Wildman–Crippen LogP) is 5.73. The number of rotatable bonds is 5. The molecular formula is C32H33F2N7O4S. The van der Waals surface area contributed by atoms with E-state index in [1.807, 2.05) is 0 Å². The van der Waals surface area contributed by atoms with Gasteiger partial charge in [-0.1, -0.05) is 0 Å². The highest BCUT2D eigenvalue weighted by molar-refractivity contribution is 7.23. The van der Waals surface area contributed by atoms with Gasteiger partial charge in [0.05, 0.1) is 42.0 Å². The third-order valence-electron chi connectivity index (χ3n) is 8.82. The molecule has 1 unspecified atom stereocenters. The van der Waals surface area contributed by atoms with Gasteiger partial charge in [0, 0.05) is 54.3 Å². The number of halogens is 2. The normalized spacial score (nSPS) is 19.7. The Bertz CT molecular complexity index is 1920. The maximum Gasteiger partial charge on any atom is 0.412 e. The van der Waals surface area contributed by atoms with Crippen LogP contribution in [0.25, 0.3) is 32.2 Å². The molecule has 0 bridgehead atoms. The zero-order valence-electron chi connectivity index (χ0n) is 25.9. The topological polar surface area (TPSA) is 126 Å². The van der Waals surface area contributed by atoms with Crippen LogP contribution < -0.4 is 10.2 Å². The molecule has 1 amide bonds. The van der Waals surface area contributed by atoms with Crippen LogP contribution in [0.5, 0.6) is 0 Å².